The summed E-state index contributed by atoms with van der Waals surface area (Å²) in [4.78, 5) is 19.7. The number of carbonyl (C=O) groups excluding carboxylic acids is 1. The number of carbonyl (C=O) groups is 1. The molecule has 4 N–H and O–H groups in total. The molecule has 0 aromatic carbocycles. The van der Waals surface area contributed by atoms with E-state index >= 15 is 0 Å². The van der Waals surface area contributed by atoms with Crippen LogP contribution in [0.5, 0.6) is 0 Å². The van der Waals surface area contributed by atoms with E-state index in [-0.39, 0.29) is 47.9 Å². The van der Waals surface area contributed by atoms with Crippen molar-refractivity contribution in [3.05, 3.63) is 52.8 Å². The van der Waals surface area contributed by atoms with Crippen LogP contribution in [-0.2, 0) is 4.74 Å². The van der Waals surface area contributed by atoms with Gasteiger partial charge in [0.15, 0.2) is 5.82 Å². The topological polar surface area (TPSA) is 131 Å². The molecule has 8 heteroatoms. The van der Waals surface area contributed by atoms with E-state index in [0.29, 0.717) is 0 Å². The van der Waals surface area contributed by atoms with E-state index in [0.717, 1.165) is 62.6 Å². The minimum atomic E-state index is -0.566. The van der Waals surface area contributed by atoms with Crippen molar-refractivity contribution in [1.29, 1.82) is 5.26 Å². The van der Waals surface area contributed by atoms with Crippen LogP contribution in [0, 0.1) is 28.6 Å². The molecule has 2 aliphatic carbocycles. The first kappa shape index (κ1) is 24.9. The number of imidazole rings is 1. The molecule has 36 heavy (non-hydrogen) atoms. The maximum Gasteiger partial charge on any atom is 0.291 e. The molecule has 1 aromatic heterocycles. The SMILES string of the molecule is CC1(C)CC=C(C2=C(NC(=O)c3ncc(C#N)[nH]3)C=CC(C3C[C@]4(CO)CC[C@](CO)(C3)O4)C2)CC1. The number of nitrogens with one attached hydrogen (secondary N) is 2. The monoisotopic (exact) mass is 492 g/mol. The molecule has 2 bridgehead atoms. The highest BCUT2D eigenvalue weighted by molar-refractivity contribution is 5.92. The lowest BCUT2D eigenvalue weighted by molar-refractivity contribution is -0.190. The van der Waals surface area contributed by atoms with Gasteiger partial charge in [0.25, 0.3) is 5.91 Å². The summed E-state index contributed by atoms with van der Waals surface area (Å²) < 4.78 is 6.25. The molecule has 1 aromatic rings. The summed E-state index contributed by atoms with van der Waals surface area (Å²) in [5.74, 6) is 0.243. The molecule has 0 spiro atoms. The number of aliphatic hydroxyl groups excluding tert-OH is 2. The smallest absolute Gasteiger partial charge is 0.291 e. The summed E-state index contributed by atoms with van der Waals surface area (Å²) in [7, 11) is 0. The number of H-pyrrole nitrogens is 1. The Morgan fingerprint density at radius 1 is 1.25 bits per heavy atom. The van der Waals surface area contributed by atoms with Gasteiger partial charge in [0.05, 0.1) is 30.6 Å². The highest BCUT2D eigenvalue weighted by Crippen LogP contribution is 2.53. The van der Waals surface area contributed by atoms with E-state index in [1.165, 1.54) is 11.8 Å². The van der Waals surface area contributed by atoms with Gasteiger partial charge < -0.3 is 25.3 Å². The lowest BCUT2D eigenvalue weighted by Gasteiger charge is -2.45. The van der Waals surface area contributed by atoms with Crippen molar-refractivity contribution >= 4 is 5.91 Å². The average Bonchev–Trinajstić information content (AvgIpc) is 3.47. The second-order valence-electron chi connectivity index (χ2n) is 11.9. The van der Waals surface area contributed by atoms with Crippen LogP contribution in [-0.4, -0.2) is 50.5 Å². The molecule has 3 heterocycles. The van der Waals surface area contributed by atoms with Gasteiger partial charge in [-0.25, -0.2) is 4.98 Å². The number of allylic oxidation sites excluding steroid dienone is 5. The van der Waals surface area contributed by atoms with Crippen molar-refractivity contribution in [1.82, 2.24) is 15.3 Å². The van der Waals surface area contributed by atoms with E-state index in [2.05, 4.69) is 41.3 Å². The van der Waals surface area contributed by atoms with Crippen molar-refractivity contribution in [2.24, 2.45) is 17.3 Å². The molecule has 5 rings (SSSR count). The van der Waals surface area contributed by atoms with Gasteiger partial charge >= 0.3 is 0 Å². The number of aromatic amines is 1. The van der Waals surface area contributed by atoms with Gasteiger partial charge in [0, 0.05) is 5.70 Å². The van der Waals surface area contributed by atoms with Crippen LogP contribution in [0.3, 0.4) is 0 Å². The van der Waals surface area contributed by atoms with Gasteiger partial charge in [-0.1, -0.05) is 26.0 Å². The number of nitriles is 1. The van der Waals surface area contributed by atoms with Crippen LogP contribution in [0.2, 0.25) is 0 Å². The molecule has 4 atom stereocenters. The number of aliphatic hydroxyl groups is 2. The van der Waals surface area contributed by atoms with Crippen LogP contribution in [0.15, 0.2) is 41.3 Å². The summed E-state index contributed by atoms with van der Waals surface area (Å²) in [6.45, 7) is 4.51. The molecule has 4 aliphatic rings. The third-order valence-corrected chi connectivity index (χ3v) is 8.71. The largest absolute Gasteiger partial charge is 0.393 e. The fourth-order valence-corrected chi connectivity index (χ4v) is 6.49. The Labute approximate surface area is 212 Å². The normalized spacial score (nSPS) is 33.2. The number of fused-ring (bicyclic) bond motifs is 2. The average molecular weight is 493 g/mol. The number of hydrogen-bond acceptors (Lipinski definition) is 6. The summed E-state index contributed by atoms with van der Waals surface area (Å²) in [5.41, 5.74) is 2.58. The Bertz CT molecular complexity index is 1150. The number of ether oxygens (including phenoxy) is 1. The molecule has 2 aliphatic heterocycles. The molecular weight excluding hydrogens is 456 g/mol. The van der Waals surface area contributed by atoms with Crippen LogP contribution in [0.1, 0.15) is 81.5 Å². The van der Waals surface area contributed by atoms with Crippen LogP contribution < -0.4 is 5.32 Å². The molecule has 2 saturated heterocycles. The van der Waals surface area contributed by atoms with E-state index < -0.39 is 11.2 Å². The molecule has 0 saturated carbocycles. The lowest BCUT2D eigenvalue weighted by Crippen LogP contribution is -2.49. The van der Waals surface area contributed by atoms with Crippen molar-refractivity contribution < 1.29 is 19.7 Å². The quantitative estimate of drug-likeness (QED) is 0.479. The Balaban J connectivity index is 1.42. The number of hydrogen-bond donors (Lipinski definition) is 4. The van der Waals surface area contributed by atoms with E-state index in [4.69, 9.17) is 10.00 Å². The van der Waals surface area contributed by atoms with Crippen LogP contribution >= 0.6 is 0 Å². The van der Waals surface area contributed by atoms with Gasteiger partial charge in [-0.2, -0.15) is 5.26 Å². The minimum Gasteiger partial charge on any atom is -0.393 e. The second kappa shape index (κ2) is 9.29. The zero-order valence-electron chi connectivity index (χ0n) is 21.1. The standard InChI is InChI=1S/C28H36N4O4/c1-26(2)7-5-18(6-8-26)22-11-19(20-12-27(16-33)9-10-28(13-20,17-34)36-27)3-4-23(22)32-25(35)24-30-15-21(14-29)31-24/h3-5,15,19-20,33-34H,6-13,16-17H2,1-2H3,(H,30,31)(H,32,35)/t19?,20?,27-,28+. The Morgan fingerprint density at radius 2 is 1.97 bits per heavy atom. The molecular formula is C28H36N4O4. The maximum atomic E-state index is 12.9. The first-order valence-corrected chi connectivity index (χ1v) is 13.0. The highest BCUT2D eigenvalue weighted by atomic mass is 16.6. The van der Waals surface area contributed by atoms with E-state index in [1.54, 1.807) is 0 Å². The first-order chi connectivity index (χ1) is 17.2. The van der Waals surface area contributed by atoms with Gasteiger partial charge in [0.2, 0.25) is 0 Å². The Kier molecular flexibility index (Phi) is 6.44. The predicted molar refractivity (Wildman–Crippen MR) is 133 cm³/mol. The number of nitrogens with zero attached hydrogens (tertiary/aromatic N) is 2. The second-order valence-corrected chi connectivity index (χ2v) is 11.9. The van der Waals surface area contributed by atoms with Crippen LogP contribution in [0.4, 0.5) is 0 Å². The van der Waals surface area contributed by atoms with E-state index in [1.807, 2.05) is 12.1 Å². The van der Waals surface area contributed by atoms with Crippen molar-refractivity contribution in [3.8, 4) is 6.07 Å². The van der Waals surface area contributed by atoms with Crippen molar-refractivity contribution in [3.63, 3.8) is 0 Å². The summed E-state index contributed by atoms with van der Waals surface area (Å²) >= 11 is 0. The zero-order valence-corrected chi connectivity index (χ0v) is 21.1. The number of amides is 1. The van der Waals surface area contributed by atoms with Gasteiger partial charge in [-0.05, 0) is 85.8 Å². The van der Waals surface area contributed by atoms with E-state index in [9.17, 15) is 15.0 Å². The van der Waals surface area contributed by atoms with Gasteiger partial charge in [0.1, 0.15) is 11.8 Å². The van der Waals surface area contributed by atoms with Crippen molar-refractivity contribution in [2.45, 2.75) is 76.4 Å². The molecule has 0 radical (unpaired) electrons. The van der Waals surface area contributed by atoms with Gasteiger partial charge in [-0.3, -0.25) is 4.79 Å². The molecule has 2 fully saturated rings. The Morgan fingerprint density at radius 3 is 2.56 bits per heavy atom. The molecule has 8 nitrogen and oxygen atoms in total. The highest BCUT2D eigenvalue weighted by Gasteiger charge is 2.55. The molecule has 192 valence electrons. The lowest BCUT2D eigenvalue weighted by atomic mass is 9.70. The summed E-state index contributed by atoms with van der Waals surface area (Å²) in [6, 6.07) is 1.97. The van der Waals surface area contributed by atoms with Gasteiger partial charge in [-0.15, -0.1) is 0 Å². The Hall–Kier alpha value is -2.73. The summed E-state index contributed by atoms with van der Waals surface area (Å²) in [5, 5.41) is 32.4. The fraction of sp³-hybridized carbons (Fsp3) is 0.607. The fourth-order valence-electron chi connectivity index (χ4n) is 6.49. The van der Waals surface area contributed by atoms with Crippen LogP contribution in [0.25, 0.3) is 0 Å². The number of aromatic nitrogens is 2. The third-order valence-electron chi connectivity index (χ3n) is 8.71. The molecule has 1 amide bonds. The maximum absolute atomic E-state index is 12.9. The zero-order chi connectivity index (χ0) is 25.6. The molecule has 2 unspecified atom stereocenters. The number of rotatable bonds is 6. The van der Waals surface area contributed by atoms with Crippen molar-refractivity contribution in [2.75, 3.05) is 13.2 Å². The third kappa shape index (κ3) is 4.68. The summed E-state index contributed by atoms with van der Waals surface area (Å²) in [6.07, 6.45) is 14.7. The first-order valence-electron chi connectivity index (χ1n) is 13.0. The minimum absolute atomic E-state index is 0.0280. The predicted octanol–water partition coefficient (Wildman–Crippen LogP) is 3.66.